The minimum atomic E-state index is -0.943. The molecule has 0 fully saturated rings. The SMILES string of the molecule is N[C@@H](Cc1ccccc1)C(=O)Nc1ccc2c(c1)C(CCC(=O)O)(CCC(=O)O)c1ccccc1-2. The highest BCUT2D eigenvalue weighted by molar-refractivity contribution is 5.96. The van der Waals surface area contributed by atoms with E-state index in [0.29, 0.717) is 12.1 Å². The molecule has 0 bridgehead atoms. The molecule has 1 atom stereocenters. The first-order valence-electron chi connectivity index (χ1n) is 11.6. The van der Waals surface area contributed by atoms with E-state index in [4.69, 9.17) is 5.73 Å². The molecule has 1 amide bonds. The maximum atomic E-state index is 12.8. The Balaban J connectivity index is 1.67. The predicted octanol–water partition coefficient (Wildman–Crippen LogP) is 4.19. The molecular weight excluding hydrogens is 444 g/mol. The summed E-state index contributed by atoms with van der Waals surface area (Å²) >= 11 is 0. The third kappa shape index (κ3) is 5.10. The average molecular weight is 473 g/mol. The smallest absolute Gasteiger partial charge is 0.303 e. The van der Waals surface area contributed by atoms with Gasteiger partial charge in [0, 0.05) is 23.9 Å². The number of rotatable bonds is 10. The standard InChI is InChI=1S/C28H28N2O5/c29-24(16-18-6-2-1-3-7-18)27(35)30-19-10-11-21-20-8-4-5-9-22(20)28(23(21)17-19,14-12-25(31)32)15-13-26(33)34/h1-11,17,24H,12-16,29H2,(H,30,35)(H,31,32)(H,33,34)/t24-/m0/s1. The van der Waals surface area contributed by atoms with Crippen molar-refractivity contribution < 1.29 is 24.6 Å². The zero-order chi connectivity index (χ0) is 25.0. The lowest BCUT2D eigenvalue weighted by molar-refractivity contribution is -0.137. The molecule has 7 nitrogen and oxygen atoms in total. The van der Waals surface area contributed by atoms with Gasteiger partial charge in [0.1, 0.15) is 0 Å². The van der Waals surface area contributed by atoms with Crippen molar-refractivity contribution in [3.05, 3.63) is 89.5 Å². The van der Waals surface area contributed by atoms with Crippen molar-refractivity contribution in [1.82, 2.24) is 0 Å². The van der Waals surface area contributed by atoms with Gasteiger partial charge < -0.3 is 21.3 Å². The maximum Gasteiger partial charge on any atom is 0.303 e. The topological polar surface area (TPSA) is 130 Å². The maximum absolute atomic E-state index is 12.8. The summed E-state index contributed by atoms with van der Waals surface area (Å²) in [4.78, 5) is 35.9. The monoisotopic (exact) mass is 472 g/mol. The molecule has 5 N–H and O–H groups in total. The zero-order valence-electron chi connectivity index (χ0n) is 19.2. The molecule has 3 aromatic rings. The second-order valence-corrected chi connectivity index (χ2v) is 8.96. The second-order valence-electron chi connectivity index (χ2n) is 8.96. The van der Waals surface area contributed by atoms with Crippen molar-refractivity contribution in [2.75, 3.05) is 5.32 Å². The molecule has 1 aliphatic rings. The summed E-state index contributed by atoms with van der Waals surface area (Å²) in [6, 6.07) is 22.0. The highest BCUT2D eigenvalue weighted by Crippen LogP contribution is 2.54. The van der Waals surface area contributed by atoms with E-state index < -0.39 is 23.4 Å². The Morgan fingerprint density at radius 1 is 0.800 bits per heavy atom. The van der Waals surface area contributed by atoms with Gasteiger partial charge in [-0.25, -0.2) is 0 Å². The van der Waals surface area contributed by atoms with E-state index in [1.54, 1.807) is 6.07 Å². The van der Waals surface area contributed by atoms with Crippen LogP contribution in [0.1, 0.15) is 42.4 Å². The number of carboxylic acids is 2. The molecule has 0 saturated heterocycles. The summed E-state index contributed by atoms with van der Waals surface area (Å²) in [7, 11) is 0. The van der Waals surface area contributed by atoms with Gasteiger partial charge in [-0.05, 0) is 59.2 Å². The Bertz CT molecular complexity index is 1240. The molecule has 1 aliphatic carbocycles. The fourth-order valence-corrected chi connectivity index (χ4v) is 5.03. The first kappa shape index (κ1) is 24.2. The second kappa shape index (κ2) is 10.1. The molecule has 0 unspecified atom stereocenters. The fraction of sp³-hybridized carbons (Fsp3) is 0.250. The van der Waals surface area contributed by atoms with Crippen molar-refractivity contribution in [2.45, 2.75) is 43.6 Å². The summed E-state index contributed by atoms with van der Waals surface area (Å²) in [6.45, 7) is 0. The van der Waals surface area contributed by atoms with Crippen LogP contribution >= 0.6 is 0 Å². The van der Waals surface area contributed by atoms with E-state index in [-0.39, 0.29) is 31.6 Å². The zero-order valence-corrected chi connectivity index (χ0v) is 19.2. The van der Waals surface area contributed by atoms with Crippen LogP contribution in [0, 0.1) is 0 Å². The number of nitrogens with one attached hydrogen (secondary N) is 1. The molecule has 35 heavy (non-hydrogen) atoms. The lowest BCUT2D eigenvalue weighted by atomic mass is 9.71. The number of anilines is 1. The van der Waals surface area contributed by atoms with Gasteiger partial charge in [-0.15, -0.1) is 0 Å². The molecule has 180 valence electrons. The summed E-state index contributed by atoms with van der Waals surface area (Å²) in [5, 5.41) is 21.7. The Morgan fingerprint density at radius 3 is 2.06 bits per heavy atom. The van der Waals surface area contributed by atoms with Crippen molar-refractivity contribution in [2.24, 2.45) is 5.73 Å². The van der Waals surface area contributed by atoms with Crippen molar-refractivity contribution >= 4 is 23.5 Å². The Kier molecular flexibility index (Phi) is 6.98. The number of fused-ring (bicyclic) bond motifs is 3. The summed E-state index contributed by atoms with van der Waals surface area (Å²) < 4.78 is 0. The average Bonchev–Trinajstić information content (AvgIpc) is 3.11. The van der Waals surface area contributed by atoms with E-state index in [1.165, 1.54) is 0 Å². The highest BCUT2D eigenvalue weighted by atomic mass is 16.4. The van der Waals surface area contributed by atoms with Gasteiger partial charge in [0.05, 0.1) is 6.04 Å². The van der Waals surface area contributed by atoms with Gasteiger partial charge in [0.25, 0.3) is 0 Å². The van der Waals surface area contributed by atoms with Crippen LogP contribution in [0.3, 0.4) is 0 Å². The number of carbonyl (C=O) groups excluding carboxylic acids is 1. The molecule has 0 aliphatic heterocycles. The highest BCUT2D eigenvalue weighted by Gasteiger charge is 2.43. The van der Waals surface area contributed by atoms with Crippen LogP contribution in [-0.4, -0.2) is 34.1 Å². The van der Waals surface area contributed by atoms with Crippen LogP contribution in [0.2, 0.25) is 0 Å². The summed E-state index contributed by atoms with van der Waals surface area (Å²) in [5.74, 6) is -2.21. The third-order valence-electron chi connectivity index (χ3n) is 6.70. The van der Waals surface area contributed by atoms with Crippen LogP contribution in [-0.2, 0) is 26.2 Å². The minimum absolute atomic E-state index is 0.105. The molecule has 7 heteroatoms. The van der Waals surface area contributed by atoms with Crippen LogP contribution in [0.5, 0.6) is 0 Å². The lowest BCUT2D eigenvalue weighted by Gasteiger charge is -2.32. The normalized spacial score (nSPS) is 14.0. The first-order chi connectivity index (χ1) is 16.8. The predicted molar refractivity (Wildman–Crippen MR) is 133 cm³/mol. The molecule has 0 saturated carbocycles. The first-order valence-corrected chi connectivity index (χ1v) is 11.6. The third-order valence-corrected chi connectivity index (χ3v) is 6.70. The summed E-state index contributed by atoms with van der Waals surface area (Å²) in [5.41, 5.74) is 10.5. The van der Waals surface area contributed by atoms with Gasteiger partial charge in [-0.3, -0.25) is 14.4 Å². The molecule has 0 heterocycles. The molecule has 3 aromatic carbocycles. The van der Waals surface area contributed by atoms with Crippen molar-refractivity contribution in [3.63, 3.8) is 0 Å². The van der Waals surface area contributed by atoms with Gasteiger partial charge in [0.15, 0.2) is 0 Å². The van der Waals surface area contributed by atoms with E-state index in [1.807, 2.05) is 66.7 Å². The van der Waals surface area contributed by atoms with E-state index >= 15 is 0 Å². The van der Waals surface area contributed by atoms with Crippen LogP contribution < -0.4 is 11.1 Å². The number of aliphatic carboxylic acids is 2. The number of carbonyl (C=O) groups is 3. The summed E-state index contributed by atoms with van der Waals surface area (Å²) in [6.07, 6.45) is 0.692. The number of hydrogen-bond acceptors (Lipinski definition) is 4. The molecule has 4 rings (SSSR count). The van der Waals surface area contributed by atoms with Crippen molar-refractivity contribution in [1.29, 1.82) is 0 Å². The number of carboxylic acid groups (broad SMARTS) is 2. The van der Waals surface area contributed by atoms with E-state index in [2.05, 4.69) is 5.32 Å². The lowest BCUT2D eigenvalue weighted by Crippen LogP contribution is -2.37. The molecule has 0 radical (unpaired) electrons. The van der Waals surface area contributed by atoms with E-state index in [0.717, 1.165) is 27.8 Å². The minimum Gasteiger partial charge on any atom is -0.481 e. The Hall–Kier alpha value is -3.97. The number of amides is 1. The molecule has 0 aromatic heterocycles. The van der Waals surface area contributed by atoms with Gasteiger partial charge in [0.2, 0.25) is 5.91 Å². The largest absolute Gasteiger partial charge is 0.481 e. The molecular formula is C28H28N2O5. The van der Waals surface area contributed by atoms with Crippen LogP contribution in [0.15, 0.2) is 72.8 Å². The van der Waals surface area contributed by atoms with Gasteiger partial charge in [-0.2, -0.15) is 0 Å². The number of benzene rings is 3. The Morgan fingerprint density at radius 2 is 1.40 bits per heavy atom. The molecule has 0 spiro atoms. The number of nitrogens with two attached hydrogens (primary N) is 1. The Labute approximate surface area is 203 Å². The fourth-order valence-electron chi connectivity index (χ4n) is 5.03. The van der Waals surface area contributed by atoms with Gasteiger partial charge in [-0.1, -0.05) is 60.7 Å². The van der Waals surface area contributed by atoms with Crippen LogP contribution in [0.4, 0.5) is 5.69 Å². The van der Waals surface area contributed by atoms with Crippen molar-refractivity contribution in [3.8, 4) is 11.1 Å². The van der Waals surface area contributed by atoms with E-state index in [9.17, 15) is 24.6 Å². The van der Waals surface area contributed by atoms with Gasteiger partial charge >= 0.3 is 11.9 Å². The van der Waals surface area contributed by atoms with Crippen LogP contribution in [0.25, 0.3) is 11.1 Å². The number of hydrogen-bond donors (Lipinski definition) is 4. The quantitative estimate of drug-likeness (QED) is 0.350.